The van der Waals surface area contributed by atoms with Gasteiger partial charge in [0, 0.05) is 17.5 Å². The summed E-state index contributed by atoms with van der Waals surface area (Å²) in [6.07, 6.45) is -5.59. The van der Waals surface area contributed by atoms with Crippen LogP contribution in [0.25, 0.3) is 22.1 Å². The van der Waals surface area contributed by atoms with Crippen molar-refractivity contribution in [2.75, 3.05) is 0 Å². The van der Waals surface area contributed by atoms with E-state index >= 15 is 0 Å². The third-order valence-corrected chi connectivity index (χ3v) is 6.03. The number of carbonyl (C=O) groups is 1. The molecule has 0 radical (unpaired) electrons. The molecule has 3 atom stereocenters. The standard InChI is InChI=1S/C26H23F3O5/c1-3-15-7-5-6-8-18(15)19-13-16-9-10-17(14-22(16)34-25(19)31)32-20-11-12-21(33-23(30)4-2)24(20)26(27,28)29/h4-10,13-14,20-21,24H,2-3,11-12H2,1H3. The summed E-state index contributed by atoms with van der Waals surface area (Å²) in [6, 6.07) is 13.8. The highest BCUT2D eigenvalue weighted by atomic mass is 19.4. The normalized spacial score (nSPS) is 20.3. The summed E-state index contributed by atoms with van der Waals surface area (Å²) in [5.74, 6) is -2.76. The van der Waals surface area contributed by atoms with E-state index in [1.54, 1.807) is 12.1 Å². The van der Waals surface area contributed by atoms with Gasteiger partial charge in [-0.2, -0.15) is 13.2 Å². The Morgan fingerprint density at radius 2 is 1.85 bits per heavy atom. The molecule has 0 amide bonds. The Morgan fingerprint density at radius 3 is 2.56 bits per heavy atom. The average molecular weight is 472 g/mol. The quantitative estimate of drug-likeness (QED) is 0.256. The predicted octanol–water partition coefficient (Wildman–Crippen LogP) is 5.84. The second-order valence-electron chi connectivity index (χ2n) is 8.14. The van der Waals surface area contributed by atoms with Gasteiger partial charge in [-0.05, 0) is 48.6 Å². The van der Waals surface area contributed by atoms with Crippen LogP contribution < -0.4 is 10.4 Å². The molecule has 8 heteroatoms. The SMILES string of the molecule is C=CC(=O)OC1CCC(Oc2ccc3cc(-c4ccccc4CC)c(=O)oc3c2)C1C(F)(F)F. The Morgan fingerprint density at radius 1 is 1.12 bits per heavy atom. The van der Waals surface area contributed by atoms with Crippen LogP contribution >= 0.6 is 0 Å². The number of halogens is 3. The number of rotatable bonds is 6. The molecule has 0 N–H and O–H groups in total. The topological polar surface area (TPSA) is 65.7 Å². The summed E-state index contributed by atoms with van der Waals surface area (Å²) < 4.78 is 57.3. The zero-order chi connectivity index (χ0) is 24.5. The minimum absolute atomic E-state index is 0.0112. The maximum atomic E-state index is 13.7. The number of hydrogen-bond donors (Lipinski definition) is 0. The van der Waals surface area contributed by atoms with Gasteiger partial charge in [0.15, 0.2) is 0 Å². The number of aryl methyl sites for hydroxylation is 1. The molecular weight excluding hydrogens is 449 g/mol. The van der Waals surface area contributed by atoms with Crippen LogP contribution in [0.5, 0.6) is 5.75 Å². The van der Waals surface area contributed by atoms with E-state index in [4.69, 9.17) is 13.9 Å². The highest BCUT2D eigenvalue weighted by molar-refractivity contribution is 5.83. The highest BCUT2D eigenvalue weighted by Gasteiger charge is 2.55. The molecule has 5 nitrogen and oxygen atoms in total. The summed E-state index contributed by atoms with van der Waals surface area (Å²) in [5.41, 5.74) is 1.85. The maximum Gasteiger partial charge on any atom is 0.398 e. The van der Waals surface area contributed by atoms with Crippen LogP contribution in [0, 0.1) is 5.92 Å². The van der Waals surface area contributed by atoms with Gasteiger partial charge in [-0.25, -0.2) is 9.59 Å². The fourth-order valence-corrected chi connectivity index (χ4v) is 4.43. The first-order chi connectivity index (χ1) is 16.2. The van der Waals surface area contributed by atoms with Gasteiger partial charge in [-0.15, -0.1) is 0 Å². The van der Waals surface area contributed by atoms with Crippen molar-refractivity contribution in [1.82, 2.24) is 0 Å². The molecular formula is C26H23F3O5. The second-order valence-corrected chi connectivity index (χ2v) is 8.14. The molecule has 0 saturated heterocycles. The summed E-state index contributed by atoms with van der Waals surface area (Å²) in [7, 11) is 0. The van der Waals surface area contributed by atoms with Crippen molar-refractivity contribution < 1.29 is 31.9 Å². The van der Waals surface area contributed by atoms with Crippen LogP contribution in [0.15, 0.2) is 70.4 Å². The minimum Gasteiger partial charge on any atom is -0.489 e. The van der Waals surface area contributed by atoms with Crippen molar-refractivity contribution in [2.24, 2.45) is 5.92 Å². The molecule has 34 heavy (non-hydrogen) atoms. The lowest BCUT2D eigenvalue weighted by molar-refractivity contribution is -0.214. The van der Waals surface area contributed by atoms with Gasteiger partial charge < -0.3 is 13.9 Å². The molecule has 1 fully saturated rings. The first kappa shape index (κ1) is 23.6. The number of carbonyl (C=O) groups excluding carboxylic acids is 1. The van der Waals surface area contributed by atoms with Crippen LogP contribution in [-0.4, -0.2) is 24.4 Å². The average Bonchev–Trinajstić information content (AvgIpc) is 3.20. The number of alkyl halides is 3. The van der Waals surface area contributed by atoms with Crippen molar-refractivity contribution in [3.05, 3.63) is 77.2 Å². The fraction of sp³-hybridized carbons (Fsp3) is 0.308. The second kappa shape index (κ2) is 9.37. The van der Waals surface area contributed by atoms with Gasteiger partial charge in [0.2, 0.25) is 0 Å². The van der Waals surface area contributed by atoms with Crippen molar-refractivity contribution in [3.63, 3.8) is 0 Å². The van der Waals surface area contributed by atoms with Crippen molar-refractivity contribution >= 4 is 16.9 Å². The maximum absolute atomic E-state index is 13.7. The van der Waals surface area contributed by atoms with Gasteiger partial charge in [0.25, 0.3) is 0 Å². The largest absolute Gasteiger partial charge is 0.489 e. The van der Waals surface area contributed by atoms with Crippen LogP contribution in [0.3, 0.4) is 0 Å². The first-order valence-electron chi connectivity index (χ1n) is 10.9. The summed E-state index contributed by atoms with van der Waals surface area (Å²) in [5, 5.41) is 0.615. The van der Waals surface area contributed by atoms with E-state index in [1.807, 2.05) is 31.2 Å². The van der Waals surface area contributed by atoms with Gasteiger partial charge >= 0.3 is 17.8 Å². The lowest BCUT2D eigenvalue weighted by atomic mass is 9.98. The molecule has 1 aromatic heterocycles. The van der Waals surface area contributed by atoms with Crippen LogP contribution in [0.2, 0.25) is 0 Å². The first-order valence-corrected chi connectivity index (χ1v) is 10.9. The molecule has 1 saturated carbocycles. The van der Waals surface area contributed by atoms with Crippen LogP contribution in [-0.2, 0) is 16.0 Å². The van der Waals surface area contributed by atoms with Gasteiger partial charge in [0.1, 0.15) is 29.5 Å². The molecule has 4 rings (SSSR count). The Labute approximate surface area is 193 Å². The summed E-state index contributed by atoms with van der Waals surface area (Å²) >= 11 is 0. The molecule has 2 aromatic carbocycles. The third-order valence-electron chi connectivity index (χ3n) is 6.03. The zero-order valence-corrected chi connectivity index (χ0v) is 18.4. The van der Waals surface area contributed by atoms with Crippen LogP contribution in [0.4, 0.5) is 13.2 Å². The summed E-state index contributed by atoms with van der Waals surface area (Å²) in [6.45, 7) is 5.22. The van der Waals surface area contributed by atoms with E-state index in [2.05, 4.69) is 6.58 Å². The number of hydrogen-bond acceptors (Lipinski definition) is 5. The zero-order valence-electron chi connectivity index (χ0n) is 18.4. The molecule has 1 aliphatic rings. The minimum atomic E-state index is -4.63. The Hall–Kier alpha value is -3.55. The number of benzene rings is 2. The Bertz CT molecular complexity index is 1280. The monoisotopic (exact) mass is 472 g/mol. The van der Waals surface area contributed by atoms with E-state index in [1.165, 1.54) is 12.1 Å². The summed E-state index contributed by atoms with van der Waals surface area (Å²) in [4.78, 5) is 24.2. The lowest BCUT2D eigenvalue weighted by Crippen LogP contribution is -2.41. The van der Waals surface area contributed by atoms with E-state index < -0.39 is 35.9 Å². The van der Waals surface area contributed by atoms with Crippen molar-refractivity contribution in [1.29, 1.82) is 0 Å². The Balaban J connectivity index is 1.62. The number of ether oxygens (including phenoxy) is 2. The van der Waals surface area contributed by atoms with Crippen molar-refractivity contribution in [3.8, 4) is 16.9 Å². The van der Waals surface area contributed by atoms with Crippen LogP contribution in [0.1, 0.15) is 25.3 Å². The number of fused-ring (bicyclic) bond motifs is 1. The van der Waals surface area contributed by atoms with E-state index in [9.17, 15) is 22.8 Å². The third kappa shape index (κ3) is 4.71. The number of esters is 1. The van der Waals surface area contributed by atoms with Gasteiger partial charge in [-0.1, -0.05) is 37.8 Å². The molecule has 0 spiro atoms. The van der Waals surface area contributed by atoms with Crippen molar-refractivity contribution in [2.45, 2.75) is 44.6 Å². The highest BCUT2D eigenvalue weighted by Crippen LogP contribution is 2.43. The molecule has 1 aliphatic carbocycles. The molecule has 0 aliphatic heterocycles. The molecule has 3 unspecified atom stereocenters. The molecule has 178 valence electrons. The lowest BCUT2D eigenvalue weighted by Gasteiger charge is -2.27. The van der Waals surface area contributed by atoms with E-state index in [-0.39, 0.29) is 24.2 Å². The fourth-order valence-electron chi connectivity index (χ4n) is 4.43. The predicted molar refractivity (Wildman–Crippen MR) is 121 cm³/mol. The van der Waals surface area contributed by atoms with Gasteiger partial charge in [-0.3, -0.25) is 0 Å². The van der Waals surface area contributed by atoms with Gasteiger partial charge in [0.05, 0.1) is 5.56 Å². The Kier molecular flexibility index (Phi) is 6.50. The molecule has 0 bridgehead atoms. The molecule has 3 aromatic rings. The van der Waals surface area contributed by atoms with E-state index in [0.29, 0.717) is 10.9 Å². The smallest absolute Gasteiger partial charge is 0.398 e. The van der Waals surface area contributed by atoms with E-state index in [0.717, 1.165) is 23.6 Å². The molecule has 1 heterocycles.